The van der Waals surface area contributed by atoms with Crippen molar-refractivity contribution >= 4 is 77.7 Å². The first-order chi connectivity index (χ1) is 30.0. The number of rotatable bonds is 8. The van der Waals surface area contributed by atoms with Crippen molar-refractivity contribution in [1.29, 1.82) is 0 Å². The average Bonchev–Trinajstić information content (AvgIpc) is 3.80. The van der Waals surface area contributed by atoms with Crippen LogP contribution in [0, 0.1) is 20.8 Å². The minimum absolute atomic E-state index is 1.07. The molecule has 0 saturated carbocycles. The second kappa shape index (κ2) is 14.8. The maximum Gasteiger partial charge on any atom is 0.0543 e. The molecule has 0 bridgehead atoms. The molecule has 0 spiro atoms. The summed E-state index contributed by atoms with van der Waals surface area (Å²) in [5, 5.41) is 5.05. The van der Waals surface area contributed by atoms with Gasteiger partial charge in [0.05, 0.1) is 22.1 Å². The van der Waals surface area contributed by atoms with Crippen molar-refractivity contribution in [3.63, 3.8) is 0 Å². The van der Waals surface area contributed by atoms with E-state index >= 15 is 0 Å². The van der Waals surface area contributed by atoms with Gasteiger partial charge in [-0.15, -0.1) is 0 Å². The Hall–Kier alpha value is -7.82. The van der Waals surface area contributed by atoms with E-state index in [9.17, 15) is 0 Å². The third kappa shape index (κ3) is 6.32. The molecule has 0 aliphatic heterocycles. The number of fused-ring (bicyclic) bond motifs is 6. The van der Waals surface area contributed by atoms with Gasteiger partial charge in [0.25, 0.3) is 0 Å². The molecule has 4 heteroatoms. The number of nitrogens with zero attached hydrogens (tertiary/aromatic N) is 4. The fourth-order valence-corrected chi connectivity index (χ4v) is 9.21. The molecule has 11 aromatic rings. The van der Waals surface area contributed by atoms with Crippen LogP contribution in [0.1, 0.15) is 16.7 Å². The van der Waals surface area contributed by atoms with Gasteiger partial charge < -0.3 is 18.9 Å². The zero-order chi connectivity index (χ0) is 41.0. The summed E-state index contributed by atoms with van der Waals surface area (Å²) in [7, 11) is 0. The zero-order valence-electron chi connectivity index (χ0n) is 34.5. The maximum absolute atomic E-state index is 2.40. The monoisotopic (exact) mass is 784 g/mol. The predicted molar refractivity (Wildman–Crippen MR) is 259 cm³/mol. The summed E-state index contributed by atoms with van der Waals surface area (Å²) in [6.45, 7) is 6.48. The van der Waals surface area contributed by atoms with E-state index in [0.717, 1.165) is 45.5 Å². The molecule has 2 aromatic heterocycles. The number of anilines is 6. The van der Waals surface area contributed by atoms with Crippen LogP contribution in [0.5, 0.6) is 0 Å². The minimum atomic E-state index is 1.07. The smallest absolute Gasteiger partial charge is 0.0543 e. The van der Waals surface area contributed by atoms with Crippen molar-refractivity contribution < 1.29 is 0 Å². The van der Waals surface area contributed by atoms with Gasteiger partial charge in [-0.1, -0.05) is 91.0 Å². The summed E-state index contributed by atoms with van der Waals surface area (Å²) in [6.07, 6.45) is 0. The molecular weight excluding hydrogens is 741 g/mol. The molecule has 61 heavy (non-hydrogen) atoms. The molecule has 0 saturated heterocycles. The Labute approximate surface area is 356 Å². The van der Waals surface area contributed by atoms with E-state index in [-0.39, 0.29) is 0 Å². The molecular formula is C57H44N4. The van der Waals surface area contributed by atoms with Crippen LogP contribution in [0.25, 0.3) is 55.0 Å². The largest absolute Gasteiger partial charge is 0.310 e. The first kappa shape index (κ1) is 36.3. The summed E-state index contributed by atoms with van der Waals surface area (Å²) in [4.78, 5) is 4.69. The van der Waals surface area contributed by atoms with E-state index in [4.69, 9.17) is 0 Å². The molecule has 2 heterocycles. The Morgan fingerprint density at radius 3 is 1.10 bits per heavy atom. The zero-order valence-corrected chi connectivity index (χ0v) is 34.5. The van der Waals surface area contributed by atoms with Crippen molar-refractivity contribution in [1.82, 2.24) is 9.13 Å². The second-order valence-corrected chi connectivity index (χ2v) is 16.1. The van der Waals surface area contributed by atoms with E-state index in [1.165, 1.54) is 60.3 Å². The van der Waals surface area contributed by atoms with Gasteiger partial charge in [0.15, 0.2) is 0 Å². The van der Waals surface area contributed by atoms with Crippen LogP contribution in [0.3, 0.4) is 0 Å². The van der Waals surface area contributed by atoms with E-state index in [0.29, 0.717) is 0 Å². The maximum atomic E-state index is 2.40. The Morgan fingerprint density at radius 1 is 0.262 bits per heavy atom. The number of aryl methyl sites for hydroxylation is 3. The van der Waals surface area contributed by atoms with Crippen LogP contribution in [-0.4, -0.2) is 9.13 Å². The fraction of sp³-hybridized carbons (Fsp3) is 0.0526. The Morgan fingerprint density at radius 2 is 0.623 bits per heavy atom. The van der Waals surface area contributed by atoms with Gasteiger partial charge in [-0.05, 0) is 159 Å². The second-order valence-electron chi connectivity index (χ2n) is 16.1. The van der Waals surface area contributed by atoms with Gasteiger partial charge in [0.2, 0.25) is 0 Å². The van der Waals surface area contributed by atoms with E-state index < -0.39 is 0 Å². The highest BCUT2D eigenvalue weighted by atomic mass is 15.2. The van der Waals surface area contributed by atoms with Gasteiger partial charge >= 0.3 is 0 Å². The lowest BCUT2D eigenvalue weighted by atomic mass is 10.1. The highest BCUT2D eigenvalue weighted by molar-refractivity contribution is 6.10. The van der Waals surface area contributed by atoms with Crippen molar-refractivity contribution in [3.8, 4) is 11.4 Å². The van der Waals surface area contributed by atoms with Gasteiger partial charge in [0, 0.05) is 67.0 Å². The van der Waals surface area contributed by atoms with Crippen molar-refractivity contribution in [2.45, 2.75) is 20.8 Å². The fourth-order valence-electron chi connectivity index (χ4n) is 9.21. The molecule has 0 amide bonds. The van der Waals surface area contributed by atoms with Crippen LogP contribution >= 0.6 is 0 Å². The Balaban J connectivity index is 1.04. The minimum Gasteiger partial charge on any atom is -0.310 e. The molecule has 0 unspecified atom stereocenters. The molecule has 0 radical (unpaired) electrons. The lowest BCUT2D eigenvalue weighted by Gasteiger charge is -2.28. The third-order valence-corrected chi connectivity index (χ3v) is 12.0. The van der Waals surface area contributed by atoms with Gasteiger partial charge in [0.1, 0.15) is 0 Å². The molecule has 0 fully saturated rings. The summed E-state index contributed by atoms with van der Waals surface area (Å²) in [5.74, 6) is 0. The first-order valence-corrected chi connectivity index (χ1v) is 21.0. The number of benzene rings is 9. The summed E-state index contributed by atoms with van der Waals surface area (Å²) >= 11 is 0. The number of aromatic nitrogens is 2. The molecule has 11 rings (SSSR count). The van der Waals surface area contributed by atoms with E-state index in [1.807, 2.05) is 0 Å². The van der Waals surface area contributed by atoms with Crippen molar-refractivity contribution in [2.24, 2.45) is 0 Å². The van der Waals surface area contributed by atoms with Crippen molar-refractivity contribution in [3.05, 3.63) is 229 Å². The van der Waals surface area contributed by atoms with Crippen molar-refractivity contribution in [2.75, 3.05) is 9.80 Å². The predicted octanol–water partition coefficient (Wildman–Crippen LogP) is 15.7. The van der Waals surface area contributed by atoms with Crippen LogP contribution < -0.4 is 9.80 Å². The molecule has 0 aliphatic carbocycles. The number of hydrogen-bond donors (Lipinski definition) is 0. The number of para-hydroxylation sites is 3. The molecule has 0 atom stereocenters. The highest BCUT2D eigenvalue weighted by Gasteiger charge is 2.19. The molecule has 0 N–H and O–H groups in total. The van der Waals surface area contributed by atoms with Crippen LogP contribution in [0.2, 0.25) is 0 Å². The topological polar surface area (TPSA) is 16.3 Å². The molecule has 9 aromatic carbocycles. The normalized spacial score (nSPS) is 11.5. The Bertz CT molecular complexity index is 3210. The molecule has 0 aliphatic rings. The van der Waals surface area contributed by atoms with Crippen LogP contribution in [0.4, 0.5) is 34.1 Å². The Kier molecular flexibility index (Phi) is 8.79. The molecule has 4 nitrogen and oxygen atoms in total. The van der Waals surface area contributed by atoms with Crippen LogP contribution in [0.15, 0.2) is 212 Å². The summed E-state index contributed by atoms with van der Waals surface area (Å²) in [5.41, 5.74) is 17.4. The van der Waals surface area contributed by atoms with Gasteiger partial charge in [-0.25, -0.2) is 0 Å². The quantitative estimate of drug-likeness (QED) is 0.153. The summed E-state index contributed by atoms with van der Waals surface area (Å²) < 4.78 is 4.79. The standard InChI is InChI=1S/C57H44N4/c1-39-12-11-15-49(36-39)59(42-13-5-4-6-14-42)46-24-22-43(23-25-46)58(44-26-30-47(31-27-44)60-54-18-9-7-16-50(54)52-34-20-40(2)37-56(52)60)45-28-32-48(33-29-45)61-55-19-10-8-17-51(55)53-35-21-41(3)38-57(53)61/h4-38H,1-3H3. The number of hydrogen-bond acceptors (Lipinski definition) is 2. The van der Waals surface area contributed by atoms with Gasteiger partial charge in [-0.3, -0.25) is 0 Å². The van der Waals surface area contributed by atoms with Crippen LogP contribution in [-0.2, 0) is 0 Å². The lowest BCUT2D eigenvalue weighted by molar-refractivity contribution is 1.16. The lowest BCUT2D eigenvalue weighted by Crippen LogP contribution is -2.12. The summed E-state index contributed by atoms with van der Waals surface area (Å²) in [6, 6.07) is 77.3. The van der Waals surface area contributed by atoms with E-state index in [2.05, 4.69) is 252 Å². The van der Waals surface area contributed by atoms with Gasteiger partial charge in [-0.2, -0.15) is 0 Å². The third-order valence-electron chi connectivity index (χ3n) is 12.0. The van der Waals surface area contributed by atoms with E-state index in [1.54, 1.807) is 0 Å². The average molecular weight is 785 g/mol. The SMILES string of the molecule is Cc1cccc(N(c2ccccc2)c2ccc(N(c3ccc(-n4c5ccccc5c5ccc(C)cc54)cc3)c3ccc(-n4c5ccccc5c5ccc(C)cc54)cc3)cc2)c1. The molecule has 292 valence electrons. The first-order valence-electron chi connectivity index (χ1n) is 21.0. The highest BCUT2D eigenvalue weighted by Crippen LogP contribution is 2.41.